The third-order valence-electron chi connectivity index (χ3n) is 14.3. The van der Waals surface area contributed by atoms with E-state index in [0.29, 0.717) is 12.8 Å². The first-order valence-corrected chi connectivity index (χ1v) is 28.0. The van der Waals surface area contributed by atoms with Crippen LogP contribution in [0.2, 0.25) is 0 Å². The number of ether oxygens (including phenoxy) is 4. The maximum absolute atomic E-state index is 13.4. The van der Waals surface area contributed by atoms with Crippen molar-refractivity contribution >= 4 is 5.91 Å². The molecule has 0 aromatic heterocycles. The van der Waals surface area contributed by atoms with Gasteiger partial charge in [0.2, 0.25) is 5.91 Å². The number of nitrogens with one attached hydrogen (secondary N) is 1. The number of aliphatic hydroxyl groups is 10. The number of carbonyl (C=O) groups is 1. The van der Waals surface area contributed by atoms with Crippen molar-refractivity contribution < 1.29 is 74.8 Å². The molecule has 69 heavy (non-hydrogen) atoms. The predicted octanol–water partition coefficient (Wildman–Crippen LogP) is 6.11. The van der Waals surface area contributed by atoms with Crippen molar-refractivity contribution in [2.45, 2.75) is 312 Å². The number of hydrogen-bond donors (Lipinski definition) is 11. The fourth-order valence-corrected chi connectivity index (χ4v) is 9.55. The molecule has 410 valence electrons. The summed E-state index contributed by atoms with van der Waals surface area (Å²) in [4.78, 5) is 13.4. The van der Waals surface area contributed by atoms with Crippen molar-refractivity contribution in [1.82, 2.24) is 5.32 Å². The quantitative estimate of drug-likeness (QED) is 0.0308. The summed E-state index contributed by atoms with van der Waals surface area (Å²) in [5.41, 5.74) is 0. The van der Waals surface area contributed by atoms with Gasteiger partial charge in [0, 0.05) is 0 Å². The third-order valence-corrected chi connectivity index (χ3v) is 14.3. The maximum Gasteiger partial charge on any atom is 0.249 e. The van der Waals surface area contributed by atoms with E-state index >= 15 is 0 Å². The van der Waals surface area contributed by atoms with Crippen LogP contribution in [0.1, 0.15) is 226 Å². The maximum atomic E-state index is 13.4. The van der Waals surface area contributed by atoms with Gasteiger partial charge in [0.15, 0.2) is 12.6 Å². The van der Waals surface area contributed by atoms with Crippen molar-refractivity contribution in [1.29, 1.82) is 0 Å². The average Bonchev–Trinajstić information content (AvgIpc) is 3.35. The first-order valence-electron chi connectivity index (χ1n) is 28.0. The van der Waals surface area contributed by atoms with Crippen LogP contribution in [0.15, 0.2) is 0 Å². The lowest BCUT2D eigenvalue weighted by atomic mass is 9.97. The zero-order valence-electron chi connectivity index (χ0n) is 43.1. The van der Waals surface area contributed by atoms with Gasteiger partial charge in [-0.3, -0.25) is 4.79 Å². The van der Waals surface area contributed by atoms with Crippen LogP contribution in [-0.4, -0.2) is 163 Å². The summed E-state index contributed by atoms with van der Waals surface area (Å²) in [6.07, 6.45) is 16.3. The van der Waals surface area contributed by atoms with E-state index in [2.05, 4.69) is 19.2 Å². The number of aliphatic hydroxyl groups excluding tert-OH is 10. The molecular formula is C53H103NO15. The Labute approximate surface area is 416 Å². The molecule has 0 aliphatic carbocycles. The molecule has 2 aliphatic heterocycles. The second-order valence-electron chi connectivity index (χ2n) is 20.4. The highest BCUT2D eigenvalue weighted by Gasteiger charge is 2.51. The lowest BCUT2D eigenvalue weighted by Crippen LogP contribution is -2.65. The van der Waals surface area contributed by atoms with Gasteiger partial charge in [0.05, 0.1) is 32.0 Å². The minimum Gasteiger partial charge on any atom is -0.394 e. The lowest BCUT2D eigenvalue weighted by molar-refractivity contribution is -0.368. The van der Waals surface area contributed by atoms with Crippen LogP contribution in [0, 0.1) is 0 Å². The molecule has 0 aromatic rings. The Hall–Kier alpha value is -1.09. The topological polar surface area (TPSA) is 268 Å². The molecule has 0 spiro atoms. The van der Waals surface area contributed by atoms with Crippen LogP contribution >= 0.6 is 0 Å². The minimum atomic E-state index is -1.87. The summed E-state index contributed by atoms with van der Waals surface area (Å²) in [5.74, 6) is -0.773. The minimum absolute atomic E-state index is 0.193. The highest BCUT2D eigenvalue weighted by Crippen LogP contribution is 2.30. The fraction of sp³-hybridized carbons (Fsp3) is 0.981. The van der Waals surface area contributed by atoms with E-state index < -0.39 is 111 Å². The summed E-state index contributed by atoms with van der Waals surface area (Å²) in [5, 5.41) is 109. The van der Waals surface area contributed by atoms with Crippen LogP contribution in [0.25, 0.3) is 0 Å². The zero-order valence-corrected chi connectivity index (χ0v) is 43.1. The third kappa shape index (κ3) is 26.6. The molecule has 0 radical (unpaired) electrons. The van der Waals surface area contributed by atoms with Crippen LogP contribution in [-0.2, 0) is 23.7 Å². The molecule has 0 aromatic carbocycles. The van der Waals surface area contributed by atoms with Gasteiger partial charge in [-0.05, 0) is 12.8 Å². The zero-order chi connectivity index (χ0) is 50.7. The molecule has 11 N–H and O–H groups in total. The number of amides is 1. The van der Waals surface area contributed by atoms with Gasteiger partial charge in [0.25, 0.3) is 0 Å². The van der Waals surface area contributed by atoms with Crippen LogP contribution in [0.3, 0.4) is 0 Å². The molecule has 2 heterocycles. The molecule has 2 rings (SSSR count). The number of carbonyl (C=O) groups excluding carboxylic acids is 1. The smallest absolute Gasteiger partial charge is 0.249 e. The van der Waals surface area contributed by atoms with Gasteiger partial charge in [-0.1, -0.05) is 213 Å². The molecule has 14 atom stereocenters. The number of rotatable bonds is 44. The molecule has 2 fully saturated rings. The van der Waals surface area contributed by atoms with Gasteiger partial charge in [0.1, 0.15) is 61.0 Å². The Bertz CT molecular complexity index is 1210. The number of unbranched alkanes of at least 4 members (excludes halogenated alkanes) is 29. The normalized spacial score (nSPS) is 27.0. The molecule has 0 bridgehead atoms. The summed E-state index contributed by atoms with van der Waals surface area (Å²) < 4.78 is 22.9. The highest BCUT2D eigenvalue weighted by molar-refractivity contribution is 5.80. The second-order valence-corrected chi connectivity index (χ2v) is 20.4. The Morgan fingerprint density at radius 3 is 1.25 bits per heavy atom. The van der Waals surface area contributed by atoms with Crippen molar-refractivity contribution in [3.05, 3.63) is 0 Å². The molecule has 14 unspecified atom stereocenters. The summed E-state index contributed by atoms with van der Waals surface area (Å²) in [6, 6.07) is -1.31. The number of hydrogen-bond acceptors (Lipinski definition) is 15. The standard InChI is InChI=1S/C53H103NO15/c1-3-5-7-9-11-13-15-17-19-20-21-23-25-27-29-31-33-35-41(58)51(65)54-39(44(59)40(57)34-32-30-28-26-24-22-18-16-14-12-10-8-6-4-2)38-66-53-50(48(63)46(61)43(37-56)68-53)69-52-49(64)47(62)45(60)42(36-55)67-52/h39-50,52-53,55-64H,3-38H2,1-2H3,(H,54,65). The van der Waals surface area contributed by atoms with Gasteiger partial charge < -0.3 is 75.3 Å². The van der Waals surface area contributed by atoms with Gasteiger partial charge in [-0.25, -0.2) is 0 Å². The van der Waals surface area contributed by atoms with Crippen LogP contribution in [0.4, 0.5) is 0 Å². The average molecular weight is 994 g/mol. The Morgan fingerprint density at radius 1 is 0.478 bits per heavy atom. The molecule has 16 nitrogen and oxygen atoms in total. The predicted molar refractivity (Wildman–Crippen MR) is 266 cm³/mol. The lowest BCUT2D eigenvalue weighted by Gasteiger charge is -2.46. The van der Waals surface area contributed by atoms with E-state index in [4.69, 9.17) is 18.9 Å². The van der Waals surface area contributed by atoms with E-state index in [-0.39, 0.29) is 12.8 Å². The summed E-state index contributed by atoms with van der Waals surface area (Å²) in [7, 11) is 0. The first-order chi connectivity index (χ1) is 33.4. The second kappa shape index (κ2) is 40.3. The van der Waals surface area contributed by atoms with Crippen LogP contribution < -0.4 is 5.32 Å². The molecule has 2 aliphatic rings. The van der Waals surface area contributed by atoms with E-state index in [1.54, 1.807) is 0 Å². The fourth-order valence-electron chi connectivity index (χ4n) is 9.55. The molecule has 0 saturated carbocycles. The molecular weight excluding hydrogens is 891 g/mol. The SMILES string of the molecule is CCCCCCCCCCCCCCCCCCCC(O)C(=O)NC(COC1OC(CO)C(O)C(O)C1OC1OC(CO)C(O)C(O)C1O)C(O)C(O)CCCCCCCCCCCCCCCC. The van der Waals surface area contributed by atoms with Crippen molar-refractivity contribution in [3.63, 3.8) is 0 Å². The van der Waals surface area contributed by atoms with E-state index in [0.717, 1.165) is 51.4 Å². The Morgan fingerprint density at radius 2 is 0.841 bits per heavy atom. The summed E-state index contributed by atoms with van der Waals surface area (Å²) >= 11 is 0. The Kier molecular flexibility index (Phi) is 37.4. The van der Waals surface area contributed by atoms with E-state index in [9.17, 15) is 55.9 Å². The van der Waals surface area contributed by atoms with Crippen molar-refractivity contribution in [3.8, 4) is 0 Å². The molecule has 16 heteroatoms. The monoisotopic (exact) mass is 994 g/mol. The van der Waals surface area contributed by atoms with Crippen LogP contribution in [0.5, 0.6) is 0 Å². The van der Waals surface area contributed by atoms with E-state index in [1.165, 1.54) is 135 Å². The molecule has 2 saturated heterocycles. The van der Waals surface area contributed by atoms with Crippen molar-refractivity contribution in [2.24, 2.45) is 0 Å². The van der Waals surface area contributed by atoms with Gasteiger partial charge in [-0.15, -0.1) is 0 Å². The van der Waals surface area contributed by atoms with Gasteiger partial charge in [-0.2, -0.15) is 0 Å². The largest absolute Gasteiger partial charge is 0.394 e. The highest BCUT2D eigenvalue weighted by atomic mass is 16.8. The molecule has 1 amide bonds. The van der Waals surface area contributed by atoms with Gasteiger partial charge >= 0.3 is 0 Å². The Balaban J connectivity index is 1.93. The van der Waals surface area contributed by atoms with E-state index in [1.807, 2.05) is 0 Å². The first kappa shape index (κ1) is 64.0. The summed E-state index contributed by atoms with van der Waals surface area (Å²) in [6.45, 7) is 2.41. The van der Waals surface area contributed by atoms with Crippen molar-refractivity contribution in [2.75, 3.05) is 19.8 Å².